The van der Waals surface area contributed by atoms with Crippen LogP contribution < -0.4 is 5.32 Å². The molecule has 1 N–H and O–H groups in total. The smallest absolute Gasteiger partial charge is 0.256 e. The van der Waals surface area contributed by atoms with E-state index in [-0.39, 0.29) is 11.4 Å². The van der Waals surface area contributed by atoms with Crippen LogP contribution in [0.5, 0.6) is 0 Å². The summed E-state index contributed by atoms with van der Waals surface area (Å²) < 4.78 is 6.93. The number of morpholine rings is 1. The number of hydrogen-bond acceptors (Lipinski definition) is 4. The number of aryl methyl sites for hydroxylation is 2. The summed E-state index contributed by atoms with van der Waals surface area (Å²) in [5.41, 5.74) is 1.03. The van der Waals surface area contributed by atoms with Gasteiger partial charge in [0.15, 0.2) is 0 Å². The molecule has 1 fully saturated rings. The predicted octanol–water partition coefficient (Wildman–Crippen LogP) is 1.61. The third-order valence-corrected chi connectivity index (χ3v) is 4.98. The normalized spacial score (nSPS) is 19.0. The summed E-state index contributed by atoms with van der Waals surface area (Å²) in [6.07, 6.45) is 0.951. The van der Waals surface area contributed by atoms with E-state index in [0.717, 1.165) is 32.7 Å². The molecule has 0 radical (unpaired) electrons. The Kier molecular flexibility index (Phi) is 5.47. The Hall–Kier alpha value is -1.11. The Bertz CT molecular complexity index is 540. The van der Waals surface area contributed by atoms with E-state index in [0.29, 0.717) is 23.0 Å². The van der Waals surface area contributed by atoms with Gasteiger partial charge < -0.3 is 10.1 Å². The number of nitrogens with zero attached hydrogens (tertiary/aromatic N) is 3. The SMILES string of the molecule is CC[C@](C)(CNC(=O)c1c(C)nn(C)c1Cl)N1CCOCC1. The molecule has 1 amide bonds. The molecule has 0 spiro atoms. The molecule has 22 heavy (non-hydrogen) atoms. The third-order valence-electron chi connectivity index (χ3n) is 4.55. The number of halogens is 1. The van der Waals surface area contributed by atoms with Crippen molar-refractivity contribution in [2.45, 2.75) is 32.7 Å². The van der Waals surface area contributed by atoms with Crippen LogP contribution >= 0.6 is 11.6 Å². The first-order chi connectivity index (χ1) is 10.4. The molecule has 1 saturated heterocycles. The zero-order valence-electron chi connectivity index (χ0n) is 13.8. The molecule has 124 valence electrons. The molecule has 1 atom stereocenters. The summed E-state index contributed by atoms with van der Waals surface area (Å²) in [6, 6.07) is 0. The largest absolute Gasteiger partial charge is 0.379 e. The number of amides is 1. The number of ether oxygens (including phenoxy) is 1. The number of aromatic nitrogens is 2. The molecule has 0 unspecified atom stereocenters. The Labute approximate surface area is 136 Å². The summed E-state index contributed by atoms with van der Waals surface area (Å²) in [5, 5.41) is 7.58. The summed E-state index contributed by atoms with van der Waals surface area (Å²) in [4.78, 5) is 14.8. The lowest BCUT2D eigenvalue weighted by Gasteiger charge is -2.43. The highest BCUT2D eigenvalue weighted by molar-refractivity contribution is 6.33. The maximum atomic E-state index is 12.5. The quantitative estimate of drug-likeness (QED) is 0.892. The fourth-order valence-corrected chi connectivity index (χ4v) is 3.07. The van der Waals surface area contributed by atoms with Crippen molar-refractivity contribution in [1.29, 1.82) is 0 Å². The molecule has 7 heteroatoms. The second-order valence-electron chi connectivity index (χ2n) is 6.01. The molecule has 1 aromatic heterocycles. The number of hydrogen-bond donors (Lipinski definition) is 1. The molecule has 2 rings (SSSR count). The van der Waals surface area contributed by atoms with Gasteiger partial charge in [0.05, 0.1) is 24.5 Å². The molecule has 0 aliphatic carbocycles. The van der Waals surface area contributed by atoms with Gasteiger partial charge in [-0.25, -0.2) is 0 Å². The van der Waals surface area contributed by atoms with E-state index >= 15 is 0 Å². The van der Waals surface area contributed by atoms with E-state index in [9.17, 15) is 4.79 Å². The lowest BCUT2D eigenvalue weighted by atomic mass is 9.95. The van der Waals surface area contributed by atoms with Crippen molar-refractivity contribution in [1.82, 2.24) is 20.0 Å². The van der Waals surface area contributed by atoms with Crippen LogP contribution in [-0.4, -0.2) is 59.0 Å². The molecule has 1 aliphatic heterocycles. The minimum absolute atomic E-state index is 0.0813. The van der Waals surface area contributed by atoms with Crippen LogP contribution in [0.3, 0.4) is 0 Å². The Morgan fingerprint density at radius 1 is 1.45 bits per heavy atom. The van der Waals surface area contributed by atoms with Crippen LogP contribution in [0, 0.1) is 6.92 Å². The zero-order valence-corrected chi connectivity index (χ0v) is 14.5. The maximum absolute atomic E-state index is 12.5. The van der Waals surface area contributed by atoms with Crippen molar-refractivity contribution < 1.29 is 9.53 Å². The number of rotatable bonds is 5. The van der Waals surface area contributed by atoms with Crippen LogP contribution in [0.15, 0.2) is 0 Å². The highest BCUT2D eigenvalue weighted by Gasteiger charge is 2.32. The third kappa shape index (κ3) is 3.45. The van der Waals surface area contributed by atoms with E-state index in [1.165, 1.54) is 4.68 Å². The van der Waals surface area contributed by atoms with Crippen LogP contribution in [0.25, 0.3) is 0 Å². The van der Waals surface area contributed by atoms with Crippen LogP contribution in [0.2, 0.25) is 5.15 Å². The fourth-order valence-electron chi connectivity index (χ4n) is 2.81. The molecular weight excluding hydrogens is 304 g/mol. The van der Waals surface area contributed by atoms with Gasteiger partial charge in [-0.15, -0.1) is 0 Å². The summed E-state index contributed by atoms with van der Waals surface area (Å²) >= 11 is 6.15. The Morgan fingerprint density at radius 3 is 2.59 bits per heavy atom. The summed E-state index contributed by atoms with van der Waals surface area (Å²) in [5.74, 6) is -0.163. The van der Waals surface area contributed by atoms with Gasteiger partial charge in [-0.3, -0.25) is 14.4 Å². The zero-order chi connectivity index (χ0) is 16.3. The van der Waals surface area contributed by atoms with Crippen molar-refractivity contribution in [2.75, 3.05) is 32.8 Å². The van der Waals surface area contributed by atoms with Gasteiger partial charge in [0.25, 0.3) is 5.91 Å². The van der Waals surface area contributed by atoms with Crippen LogP contribution in [0.4, 0.5) is 0 Å². The number of carbonyl (C=O) groups is 1. The van der Waals surface area contributed by atoms with Crippen molar-refractivity contribution in [3.05, 3.63) is 16.4 Å². The van der Waals surface area contributed by atoms with Gasteiger partial charge in [-0.05, 0) is 20.3 Å². The van der Waals surface area contributed by atoms with Gasteiger partial charge in [0.1, 0.15) is 5.15 Å². The molecule has 1 aliphatic rings. The van der Waals surface area contributed by atoms with Crippen molar-refractivity contribution >= 4 is 17.5 Å². The minimum Gasteiger partial charge on any atom is -0.379 e. The molecular formula is C15H25ClN4O2. The van der Waals surface area contributed by atoms with Crippen LogP contribution in [-0.2, 0) is 11.8 Å². The molecule has 0 aromatic carbocycles. The molecule has 2 heterocycles. The lowest BCUT2D eigenvalue weighted by molar-refractivity contribution is -0.0169. The highest BCUT2D eigenvalue weighted by Crippen LogP contribution is 2.22. The Balaban J connectivity index is 2.04. The van der Waals surface area contributed by atoms with Gasteiger partial charge in [0.2, 0.25) is 0 Å². The number of carbonyl (C=O) groups excluding carboxylic acids is 1. The first kappa shape index (κ1) is 17.2. The topological polar surface area (TPSA) is 59.4 Å². The molecule has 6 nitrogen and oxygen atoms in total. The summed E-state index contributed by atoms with van der Waals surface area (Å²) in [7, 11) is 1.73. The van der Waals surface area contributed by atoms with E-state index in [4.69, 9.17) is 16.3 Å². The van der Waals surface area contributed by atoms with E-state index in [1.54, 1.807) is 14.0 Å². The van der Waals surface area contributed by atoms with E-state index in [1.807, 2.05) is 0 Å². The van der Waals surface area contributed by atoms with Gasteiger partial charge in [-0.2, -0.15) is 5.10 Å². The fraction of sp³-hybridized carbons (Fsp3) is 0.733. The van der Waals surface area contributed by atoms with Crippen LogP contribution in [0.1, 0.15) is 36.3 Å². The van der Waals surface area contributed by atoms with Gasteiger partial charge in [0, 0.05) is 32.2 Å². The van der Waals surface area contributed by atoms with Crippen molar-refractivity contribution in [3.8, 4) is 0 Å². The first-order valence-electron chi connectivity index (χ1n) is 7.69. The van der Waals surface area contributed by atoms with Gasteiger partial charge in [-0.1, -0.05) is 18.5 Å². The van der Waals surface area contributed by atoms with Crippen molar-refractivity contribution in [3.63, 3.8) is 0 Å². The van der Waals surface area contributed by atoms with Crippen molar-refractivity contribution in [2.24, 2.45) is 7.05 Å². The van der Waals surface area contributed by atoms with E-state index < -0.39 is 0 Å². The first-order valence-corrected chi connectivity index (χ1v) is 8.07. The average Bonchev–Trinajstić information content (AvgIpc) is 2.78. The highest BCUT2D eigenvalue weighted by atomic mass is 35.5. The predicted molar refractivity (Wildman–Crippen MR) is 86.4 cm³/mol. The number of nitrogens with one attached hydrogen (secondary N) is 1. The lowest BCUT2D eigenvalue weighted by Crippen LogP contribution is -2.56. The summed E-state index contributed by atoms with van der Waals surface area (Å²) in [6.45, 7) is 9.98. The standard InChI is InChI=1S/C15H25ClN4O2/c1-5-15(3,20-6-8-22-9-7-20)10-17-14(21)12-11(2)18-19(4)13(12)16/h5-10H2,1-4H3,(H,17,21)/t15-/m1/s1. The van der Waals surface area contributed by atoms with E-state index in [2.05, 4.69) is 29.2 Å². The Morgan fingerprint density at radius 2 is 2.09 bits per heavy atom. The molecule has 0 bridgehead atoms. The molecule has 0 saturated carbocycles. The van der Waals surface area contributed by atoms with Gasteiger partial charge >= 0.3 is 0 Å². The second-order valence-corrected chi connectivity index (χ2v) is 6.37. The monoisotopic (exact) mass is 328 g/mol. The molecule has 1 aromatic rings. The average molecular weight is 329 g/mol. The maximum Gasteiger partial charge on any atom is 0.256 e. The minimum atomic E-state index is -0.163. The second kappa shape index (κ2) is 6.98.